The molecule has 2 fully saturated rings. The first kappa shape index (κ1) is 18.1. The maximum absolute atomic E-state index is 13.0. The van der Waals surface area contributed by atoms with Crippen LogP contribution in [-0.4, -0.2) is 41.1 Å². The summed E-state index contributed by atoms with van der Waals surface area (Å²) in [6, 6.07) is 0. The van der Waals surface area contributed by atoms with Crippen LogP contribution in [0.5, 0.6) is 0 Å². The Bertz CT molecular complexity index is 446. The zero-order chi connectivity index (χ0) is 17.2. The first-order valence-corrected chi connectivity index (χ1v) is 8.27. The van der Waals surface area contributed by atoms with E-state index in [1.165, 1.54) is 6.42 Å². The number of hydrogen-bond donors (Lipinski definition) is 1. The molecule has 0 aromatic heterocycles. The normalized spacial score (nSPS) is 27.9. The molecule has 0 bridgehead atoms. The van der Waals surface area contributed by atoms with Gasteiger partial charge in [-0.05, 0) is 11.8 Å². The fraction of sp³-hybridized carbons (Fsp3) is 0.875. The van der Waals surface area contributed by atoms with Crippen LogP contribution in [0.1, 0.15) is 45.4 Å². The van der Waals surface area contributed by atoms with Gasteiger partial charge in [0.15, 0.2) is 0 Å². The Kier molecular flexibility index (Phi) is 5.57. The molecule has 3 atom stereocenters. The molecule has 1 saturated heterocycles. The smallest absolute Gasteiger partial charge is 0.394 e. The number of alkyl halides is 3. The van der Waals surface area contributed by atoms with Gasteiger partial charge in [-0.2, -0.15) is 13.2 Å². The van der Waals surface area contributed by atoms with E-state index in [0.29, 0.717) is 5.92 Å². The van der Waals surface area contributed by atoms with Crippen molar-refractivity contribution in [3.05, 3.63) is 0 Å². The van der Waals surface area contributed by atoms with Gasteiger partial charge in [0.05, 0.1) is 11.8 Å². The minimum absolute atomic E-state index is 0.135. The molecule has 7 heteroatoms. The lowest BCUT2D eigenvalue weighted by Crippen LogP contribution is -2.34. The van der Waals surface area contributed by atoms with Crippen molar-refractivity contribution in [1.29, 1.82) is 0 Å². The predicted octanol–water partition coefficient (Wildman–Crippen LogP) is 3.31. The summed E-state index contributed by atoms with van der Waals surface area (Å²) in [7, 11) is 0. The van der Waals surface area contributed by atoms with E-state index in [2.05, 4.69) is 0 Å². The quantitative estimate of drug-likeness (QED) is 0.857. The van der Waals surface area contributed by atoms with Crippen molar-refractivity contribution in [3.8, 4) is 0 Å². The van der Waals surface area contributed by atoms with Crippen LogP contribution in [-0.2, 0) is 9.59 Å². The van der Waals surface area contributed by atoms with Gasteiger partial charge >= 0.3 is 12.1 Å². The summed E-state index contributed by atoms with van der Waals surface area (Å²) >= 11 is 0. The Morgan fingerprint density at radius 2 is 1.78 bits per heavy atom. The van der Waals surface area contributed by atoms with Crippen LogP contribution in [0, 0.1) is 23.7 Å². The first-order chi connectivity index (χ1) is 10.7. The van der Waals surface area contributed by atoms with E-state index in [9.17, 15) is 22.8 Å². The molecule has 1 saturated carbocycles. The molecule has 2 rings (SSSR count). The van der Waals surface area contributed by atoms with Crippen LogP contribution in [0.3, 0.4) is 0 Å². The molecule has 1 aliphatic carbocycles. The molecule has 0 aromatic carbocycles. The van der Waals surface area contributed by atoms with Gasteiger partial charge < -0.3 is 10.0 Å². The van der Waals surface area contributed by atoms with Crippen molar-refractivity contribution in [3.63, 3.8) is 0 Å². The molecule has 1 heterocycles. The number of amides is 1. The summed E-state index contributed by atoms with van der Waals surface area (Å²) in [5.41, 5.74) is 0. The third-order valence-electron chi connectivity index (χ3n) is 5.36. The van der Waals surface area contributed by atoms with Crippen LogP contribution < -0.4 is 0 Å². The number of rotatable bonds is 4. The Labute approximate surface area is 134 Å². The molecule has 1 unspecified atom stereocenters. The largest absolute Gasteiger partial charge is 0.481 e. The van der Waals surface area contributed by atoms with Gasteiger partial charge in [0.1, 0.15) is 0 Å². The maximum Gasteiger partial charge on any atom is 0.394 e. The molecule has 0 spiro atoms. The third-order valence-corrected chi connectivity index (χ3v) is 5.36. The van der Waals surface area contributed by atoms with E-state index in [0.717, 1.165) is 30.6 Å². The second-order valence-corrected chi connectivity index (χ2v) is 6.97. The van der Waals surface area contributed by atoms with Gasteiger partial charge in [0.25, 0.3) is 0 Å². The Balaban J connectivity index is 1.95. The van der Waals surface area contributed by atoms with Gasteiger partial charge in [-0.1, -0.05) is 39.0 Å². The molecule has 1 aliphatic heterocycles. The third kappa shape index (κ3) is 4.38. The summed E-state index contributed by atoms with van der Waals surface area (Å²) < 4.78 is 38.9. The molecule has 1 amide bonds. The lowest BCUT2D eigenvalue weighted by atomic mass is 9.79. The lowest BCUT2D eigenvalue weighted by Gasteiger charge is -2.28. The van der Waals surface area contributed by atoms with Crippen molar-refractivity contribution in [2.45, 2.75) is 51.6 Å². The van der Waals surface area contributed by atoms with Crippen LogP contribution in [0.15, 0.2) is 0 Å². The zero-order valence-corrected chi connectivity index (χ0v) is 13.3. The highest BCUT2D eigenvalue weighted by atomic mass is 19.4. The predicted molar refractivity (Wildman–Crippen MR) is 77.6 cm³/mol. The SMILES string of the molecule is CC(CC(=O)N1C[C@@H](C(F)(F)F)[C@H](C(=O)O)C1)C1CCCCC1. The van der Waals surface area contributed by atoms with Crippen LogP contribution in [0.4, 0.5) is 13.2 Å². The number of carboxylic acid groups (broad SMARTS) is 1. The number of halogens is 3. The molecule has 0 aromatic rings. The molecule has 2 aliphatic rings. The summed E-state index contributed by atoms with van der Waals surface area (Å²) in [6.45, 7) is 1.10. The number of aliphatic carboxylic acids is 1. The molecule has 0 radical (unpaired) electrons. The number of carbonyl (C=O) groups is 2. The minimum atomic E-state index is -4.59. The Morgan fingerprint density at radius 1 is 1.17 bits per heavy atom. The summed E-state index contributed by atoms with van der Waals surface area (Å²) in [5.74, 6) is -4.76. The highest BCUT2D eigenvalue weighted by Crippen LogP contribution is 2.38. The average molecular weight is 335 g/mol. The van der Waals surface area contributed by atoms with Gasteiger partial charge in [-0.25, -0.2) is 0 Å². The minimum Gasteiger partial charge on any atom is -0.481 e. The van der Waals surface area contributed by atoms with Crippen molar-refractivity contribution >= 4 is 11.9 Å². The molecule has 23 heavy (non-hydrogen) atoms. The van der Waals surface area contributed by atoms with Crippen molar-refractivity contribution in [2.75, 3.05) is 13.1 Å². The van der Waals surface area contributed by atoms with Crippen LogP contribution in [0.25, 0.3) is 0 Å². The standard InChI is InChI=1S/C16H24F3NO3/c1-10(11-5-3-2-4-6-11)7-14(21)20-8-12(15(22)23)13(9-20)16(17,18)19/h10-13H,2-9H2,1H3,(H,22,23)/t10?,12-,13-/m1/s1. The first-order valence-electron chi connectivity index (χ1n) is 8.27. The van der Waals surface area contributed by atoms with E-state index >= 15 is 0 Å². The highest BCUT2D eigenvalue weighted by Gasteiger charge is 2.53. The summed E-state index contributed by atoms with van der Waals surface area (Å²) in [4.78, 5) is 24.5. The van der Waals surface area contributed by atoms with Crippen LogP contribution >= 0.6 is 0 Å². The zero-order valence-electron chi connectivity index (χ0n) is 13.3. The van der Waals surface area contributed by atoms with Crippen molar-refractivity contribution < 1.29 is 27.9 Å². The Morgan fingerprint density at radius 3 is 2.26 bits per heavy atom. The molecule has 1 N–H and O–H groups in total. The monoisotopic (exact) mass is 335 g/mol. The average Bonchev–Trinajstić information content (AvgIpc) is 2.93. The molecular formula is C16H24F3NO3. The van der Waals surface area contributed by atoms with E-state index in [1.54, 1.807) is 0 Å². The van der Waals surface area contributed by atoms with E-state index in [1.807, 2.05) is 6.92 Å². The van der Waals surface area contributed by atoms with E-state index in [-0.39, 0.29) is 24.8 Å². The van der Waals surface area contributed by atoms with E-state index < -0.39 is 30.5 Å². The van der Waals surface area contributed by atoms with Gasteiger partial charge in [0, 0.05) is 19.5 Å². The molecular weight excluding hydrogens is 311 g/mol. The second kappa shape index (κ2) is 7.09. The van der Waals surface area contributed by atoms with Crippen molar-refractivity contribution in [1.82, 2.24) is 4.90 Å². The molecule has 4 nitrogen and oxygen atoms in total. The number of carboxylic acids is 1. The Hall–Kier alpha value is -1.27. The number of likely N-dealkylation sites (tertiary alicyclic amines) is 1. The summed E-state index contributed by atoms with van der Waals surface area (Å²) in [6.07, 6.45) is 1.24. The lowest BCUT2D eigenvalue weighted by molar-refractivity contribution is -0.188. The van der Waals surface area contributed by atoms with Gasteiger partial charge in [-0.3, -0.25) is 9.59 Å². The fourth-order valence-corrected chi connectivity index (χ4v) is 3.86. The van der Waals surface area contributed by atoms with E-state index in [4.69, 9.17) is 5.11 Å². The number of hydrogen-bond acceptors (Lipinski definition) is 2. The molecule has 132 valence electrons. The van der Waals surface area contributed by atoms with Crippen LogP contribution in [0.2, 0.25) is 0 Å². The van der Waals surface area contributed by atoms with Gasteiger partial charge in [0.2, 0.25) is 5.91 Å². The summed E-state index contributed by atoms with van der Waals surface area (Å²) in [5, 5.41) is 8.99. The number of carbonyl (C=O) groups excluding carboxylic acids is 1. The number of nitrogens with zero attached hydrogens (tertiary/aromatic N) is 1. The topological polar surface area (TPSA) is 57.6 Å². The van der Waals surface area contributed by atoms with Gasteiger partial charge in [-0.15, -0.1) is 0 Å². The fourth-order valence-electron chi connectivity index (χ4n) is 3.86. The van der Waals surface area contributed by atoms with Crippen molar-refractivity contribution in [2.24, 2.45) is 23.7 Å². The highest BCUT2D eigenvalue weighted by molar-refractivity contribution is 5.79. The maximum atomic E-state index is 13.0. The second-order valence-electron chi connectivity index (χ2n) is 6.97.